The number of carbonyl (C=O) groups excluding carboxylic acids is 3. The molecule has 0 saturated carbocycles. The number of imide groups is 1. The Kier molecular flexibility index (Phi) is 7.01. The standard InChI is InChI=1S/C20H16ClN3O7S/c1-2-31-15-7-11(6-14(18(15)26)24(29)30)8-16-19(27)23(20(28)32-16)10-17(25)22-13-5-3-4-12(21)9-13/h3-9,26H,2,10H2,1H3,(H,22,25)/b16-8-. The number of nitrogens with one attached hydrogen (secondary N) is 1. The van der Waals surface area contributed by atoms with Gasteiger partial charge in [0.15, 0.2) is 5.75 Å². The van der Waals surface area contributed by atoms with Crippen molar-refractivity contribution in [2.45, 2.75) is 6.92 Å². The van der Waals surface area contributed by atoms with E-state index in [0.29, 0.717) is 22.5 Å². The summed E-state index contributed by atoms with van der Waals surface area (Å²) in [5.74, 6) is -2.10. The third kappa shape index (κ3) is 5.18. The van der Waals surface area contributed by atoms with Crippen LogP contribution in [-0.4, -0.2) is 45.1 Å². The number of amides is 3. The van der Waals surface area contributed by atoms with Gasteiger partial charge in [0.25, 0.3) is 11.1 Å². The van der Waals surface area contributed by atoms with Crippen molar-refractivity contribution in [3.63, 3.8) is 0 Å². The number of halogens is 1. The molecule has 2 aromatic carbocycles. The minimum atomic E-state index is -0.791. The van der Waals surface area contributed by atoms with Gasteiger partial charge in [-0.15, -0.1) is 0 Å². The molecule has 1 aliphatic heterocycles. The molecular formula is C20H16ClN3O7S. The first-order chi connectivity index (χ1) is 15.2. The van der Waals surface area contributed by atoms with Crippen LogP contribution in [0.1, 0.15) is 12.5 Å². The van der Waals surface area contributed by atoms with E-state index >= 15 is 0 Å². The Bertz CT molecular complexity index is 1150. The summed E-state index contributed by atoms with van der Waals surface area (Å²) >= 11 is 6.45. The molecule has 3 rings (SSSR count). The highest BCUT2D eigenvalue weighted by molar-refractivity contribution is 8.18. The molecule has 2 N–H and O–H groups in total. The Morgan fingerprint density at radius 1 is 1.34 bits per heavy atom. The fraction of sp³-hybridized carbons (Fsp3) is 0.150. The summed E-state index contributed by atoms with van der Waals surface area (Å²) in [6.45, 7) is 1.26. The number of hydrogen-bond acceptors (Lipinski definition) is 8. The van der Waals surface area contributed by atoms with Gasteiger partial charge in [0.1, 0.15) is 6.54 Å². The molecule has 0 spiro atoms. The lowest BCUT2D eigenvalue weighted by molar-refractivity contribution is -0.386. The maximum atomic E-state index is 12.7. The van der Waals surface area contributed by atoms with E-state index in [-0.39, 0.29) is 22.8 Å². The van der Waals surface area contributed by atoms with Gasteiger partial charge in [-0.2, -0.15) is 0 Å². The number of rotatable bonds is 7. The van der Waals surface area contributed by atoms with Gasteiger partial charge in [-0.1, -0.05) is 17.7 Å². The van der Waals surface area contributed by atoms with Crippen molar-refractivity contribution in [1.29, 1.82) is 0 Å². The predicted molar refractivity (Wildman–Crippen MR) is 119 cm³/mol. The van der Waals surface area contributed by atoms with E-state index in [1.54, 1.807) is 25.1 Å². The highest BCUT2D eigenvalue weighted by Gasteiger charge is 2.36. The van der Waals surface area contributed by atoms with Crippen molar-refractivity contribution >= 4 is 57.9 Å². The molecule has 32 heavy (non-hydrogen) atoms. The predicted octanol–water partition coefficient (Wildman–Crippen LogP) is 4.03. The molecule has 1 aliphatic rings. The summed E-state index contributed by atoms with van der Waals surface area (Å²) in [5, 5.41) is 23.5. The lowest BCUT2D eigenvalue weighted by Crippen LogP contribution is -2.36. The van der Waals surface area contributed by atoms with Crippen LogP contribution in [0.15, 0.2) is 41.3 Å². The molecule has 10 nitrogen and oxygen atoms in total. The summed E-state index contributed by atoms with van der Waals surface area (Å²) in [6, 6.07) is 8.74. The minimum Gasteiger partial charge on any atom is -0.500 e. The summed E-state index contributed by atoms with van der Waals surface area (Å²) in [5.41, 5.74) is -0.0287. The molecule has 3 amide bonds. The van der Waals surface area contributed by atoms with Crippen molar-refractivity contribution in [3.05, 3.63) is 62.0 Å². The molecule has 166 valence electrons. The summed E-state index contributed by atoms with van der Waals surface area (Å²) in [4.78, 5) is 48.3. The Morgan fingerprint density at radius 2 is 2.09 bits per heavy atom. The molecule has 12 heteroatoms. The quantitative estimate of drug-likeness (QED) is 0.346. The Morgan fingerprint density at radius 3 is 2.75 bits per heavy atom. The van der Waals surface area contributed by atoms with E-state index < -0.39 is 40.0 Å². The highest BCUT2D eigenvalue weighted by Crippen LogP contribution is 2.39. The van der Waals surface area contributed by atoms with E-state index in [0.717, 1.165) is 11.0 Å². The molecule has 0 aliphatic carbocycles. The van der Waals surface area contributed by atoms with Crippen LogP contribution in [0.5, 0.6) is 11.5 Å². The Hall–Kier alpha value is -3.57. The average Bonchev–Trinajstić information content (AvgIpc) is 2.97. The van der Waals surface area contributed by atoms with Gasteiger partial charge in [-0.3, -0.25) is 29.4 Å². The van der Waals surface area contributed by atoms with Gasteiger partial charge in [0.2, 0.25) is 11.7 Å². The zero-order valence-electron chi connectivity index (χ0n) is 16.5. The third-order valence-corrected chi connectivity index (χ3v) is 5.30. The number of nitro benzene ring substituents is 1. The van der Waals surface area contributed by atoms with Gasteiger partial charge < -0.3 is 15.2 Å². The number of aromatic hydroxyl groups is 1. The maximum Gasteiger partial charge on any atom is 0.315 e. The highest BCUT2D eigenvalue weighted by atomic mass is 35.5. The van der Waals surface area contributed by atoms with Crippen molar-refractivity contribution in [3.8, 4) is 11.5 Å². The van der Waals surface area contributed by atoms with Crippen molar-refractivity contribution < 1.29 is 29.2 Å². The number of nitrogens with zero attached hydrogens (tertiary/aromatic N) is 2. The smallest absolute Gasteiger partial charge is 0.315 e. The number of hydrogen-bond donors (Lipinski definition) is 2. The van der Waals surface area contributed by atoms with Crippen LogP contribution in [0.3, 0.4) is 0 Å². The fourth-order valence-electron chi connectivity index (χ4n) is 2.80. The van der Waals surface area contributed by atoms with E-state index in [2.05, 4.69) is 5.32 Å². The molecule has 0 unspecified atom stereocenters. The minimum absolute atomic E-state index is 0.0343. The van der Waals surface area contributed by atoms with E-state index in [1.807, 2.05) is 0 Å². The molecule has 0 aromatic heterocycles. The van der Waals surface area contributed by atoms with Crippen LogP contribution < -0.4 is 10.1 Å². The first-order valence-electron chi connectivity index (χ1n) is 9.14. The van der Waals surface area contributed by atoms with Crippen LogP contribution in [-0.2, 0) is 9.59 Å². The topological polar surface area (TPSA) is 139 Å². The normalized spacial score (nSPS) is 14.7. The van der Waals surface area contributed by atoms with Gasteiger partial charge >= 0.3 is 5.69 Å². The lowest BCUT2D eigenvalue weighted by atomic mass is 10.1. The fourth-order valence-corrected chi connectivity index (χ4v) is 3.83. The van der Waals surface area contributed by atoms with E-state index in [4.69, 9.17) is 16.3 Å². The molecule has 1 fully saturated rings. The SMILES string of the molecule is CCOc1cc(/C=C2\SC(=O)N(CC(=O)Nc3cccc(Cl)c3)C2=O)cc([N+](=O)[O-])c1O. The summed E-state index contributed by atoms with van der Waals surface area (Å²) in [7, 11) is 0. The zero-order chi connectivity index (χ0) is 23.4. The molecule has 2 aromatic rings. The summed E-state index contributed by atoms with van der Waals surface area (Å²) in [6.07, 6.45) is 1.26. The molecule has 0 atom stereocenters. The molecule has 0 bridgehead atoms. The number of ether oxygens (including phenoxy) is 1. The Labute approximate surface area is 190 Å². The largest absolute Gasteiger partial charge is 0.500 e. The first-order valence-corrected chi connectivity index (χ1v) is 10.3. The van der Waals surface area contributed by atoms with Gasteiger partial charge in [0.05, 0.1) is 16.4 Å². The number of phenolic OH excluding ortho intramolecular Hbond substituents is 1. The number of phenols is 1. The molecule has 1 heterocycles. The van der Waals surface area contributed by atoms with Crippen LogP contribution in [0.2, 0.25) is 5.02 Å². The average molecular weight is 478 g/mol. The number of anilines is 1. The third-order valence-electron chi connectivity index (χ3n) is 4.16. The summed E-state index contributed by atoms with van der Waals surface area (Å²) < 4.78 is 5.20. The second-order valence-electron chi connectivity index (χ2n) is 6.40. The molecule has 0 radical (unpaired) electrons. The van der Waals surface area contributed by atoms with Gasteiger partial charge in [-0.05, 0) is 54.6 Å². The van der Waals surface area contributed by atoms with Gasteiger partial charge in [0, 0.05) is 16.8 Å². The Balaban J connectivity index is 1.80. The van der Waals surface area contributed by atoms with Crippen LogP contribution in [0.25, 0.3) is 6.08 Å². The van der Waals surface area contributed by atoms with Crippen LogP contribution >= 0.6 is 23.4 Å². The van der Waals surface area contributed by atoms with E-state index in [9.17, 15) is 29.6 Å². The second kappa shape index (κ2) is 9.71. The number of carbonyl (C=O) groups is 3. The number of nitro groups is 1. The monoisotopic (exact) mass is 477 g/mol. The molecule has 1 saturated heterocycles. The second-order valence-corrected chi connectivity index (χ2v) is 7.83. The first kappa shape index (κ1) is 23.1. The zero-order valence-corrected chi connectivity index (χ0v) is 18.1. The number of thioether (sulfide) groups is 1. The van der Waals surface area contributed by atoms with Crippen molar-refractivity contribution in [2.24, 2.45) is 0 Å². The van der Waals surface area contributed by atoms with Gasteiger partial charge in [-0.25, -0.2) is 0 Å². The van der Waals surface area contributed by atoms with E-state index in [1.165, 1.54) is 18.2 Å². The van der Waals surface area contributed by atoms with Crippen molar-refractivity contribution in [1.82, 2.24) is 4.90 Å². The van der Waals surface area contributed by atoms with Crippen LogP contribution in [0, 0.1) is 10.1 Å². The number of benzene rings is 2. The molecular weight excluding hydrogens is 462 g/mol. The van der Waals surface area contributed by atoms with Crippen LogP contribution in [0.4, 0.5) is 16.2 Å². The lowest BCUT2D eigenvalue weighted by Gasteiger charge is -2.12. The maximum absolute atomic E-state index is 12.7. The van der Waals surface area contributed by atoms with Crippen molar-refractivity contribution in [2.75, 3.05) is 18.5 Å².